The van der Waals surface area contributed by atoms with E-state index < -0.39 is 0 Å². The smallest absolute Gasteiger partial charge is 0.266 e. The summed E-state index contributed by atoms with van der Waals surface area (Å²) >= 11 is 0. The van der Waals surface area contributed by atoms with Gasteiger partial charge in [-0.3, -0.25) is 0 Å². The number of nitrogens with zero attached hydrogens (tertiary/aromatic N) is 3. The Morgan fingerprint density at radius 2 is 1.75 bits per heavy atom. The standard InChI is InChI=1S/C15H20N4O/c16-13(12-8-4-3-5-9-12)14-17-15(18-20-14)19-10-6-1-2-7-11-19/h3-5,8-9,13H,1-2,6-7,10-11,16H2. The van der Waals surface area contributed by atoms with Crippen LogP contribution in [0.3, 0.4) is 0 Å². The number of nitrogens with two attached hydrogens (primary N) is 1. The lowest BCUT2D eigenvalue weighted by Gasteiger charge is -2.16. The van der Waals surface area contributed by atoms with Crippen LogP contribution < -0.4 is 10.6 Å². The van der Waals surface area contributed by atoms with Gasteiger partial charge in [0.1, 0.15) is 6.04 Å². The van der Waals surface area contributed by atoms with Crippen LogP contribution in [0.2, 0.25) is 0 Å². The molecule has 1 unspecified atom stereocenters. The second-order valence-electron chi connectivity index (χ2n) is 5.22. The van der Waals surface area contributed by atoms with Gasteiger partial charge < -0.3 is 15.2 Å². The average Bonchev–Trinajstić information content (AvgIpc) is 2.83. The van der Waals surface area contributed by atoms with Crippen molar-refractivity contribution in [2.45, 2.75) is 31.7 Å². The SMILES string of the molecule is NC(c1ccccc1)c1nc(N2CCCCCC2)no1. The lowest BCUT2D eigenvalue weighted by molar-refractivity contribution is 0.366. The highest BCUT2D eigenvalue weighted by Gasteiger charge is 2.20. The third-order valence-electron chi connectivity index (χ3n) is 3.74. The first-order chi connectivity index (χ1) is 9.84. The molecule has 2 N–H and O–H groups in total. The van der Waals surface area contributed by atoms with E-state index in [2.05, 4.69) is 15.0 Å². The van der Waals surface area contributed by atoms with E-state index in [9.17, 15) is 0 Å². The van der Waals surface area contributed by atoms with E-state index >= 15 is 0 Å². The van der Waals surface area contributed by atoms with E-state index in [1.54, 1.807) is 0 Å². The molecule has 0 bridgehead atoms. The van der Waals surface area contributed by atoms with Gasteiger partial charge in [0.05, 0.1) is 0 Å². The van der Waals surface area contributed by atoms with E-state index in [0.717, 1.165) is 18.7 Å². The maximum atomic E-state index is 6.18. The molecular formula is C15H20N4O. The van der Waals surface area contributed by atoms with Gasteiger partial charge in [-0.15, -0.1) is 0 Å². The molecule has 1 saturated heterocycles. The van der Waals surface area contributed by atoms with Gasteiger partial charge in [0.25, 0.3) is 5.95 Å². The molecule has 20 heavy (non-hydrogen) atoms. The summed E-state index contributed by atoms with van der Waals surface area (Å²) in [6, 6.07) is 9.47. The minimum absolute atomic E-state index is 0.357. The quantitative estimate of drug-likeness (QED) is 0.929. The predicted octanol–water partition coefficient (Wildman–Crippen LogP) is 2.50. The summed E-state index contributed by atoms with van der Waals surface area (Å²) in [5.74, 6) is 1.16. The second-order valence-corrected chi connectivity index (χ2v) is 5.22. The maximum absolute atomic E-state index is 6.18. The molecule has 0 spiro atoms. The molecule has 5 nitrogen and oxygen atoms in total. The first kappa shape index (κ1) is 13.1. The van der Waals surface area contributed by atoms with Gasteiger partial charge in [0, 0.05) is 13.1 Å². The Labute approximate surface area is 118 Å². The molecule has 1 aromatic heterocycles. The van der Waals surface area contributed by atoms with Gasteiger partial charge in [0.2, 0.25) is 5.89 Å². The van der Waals surface area contributed by atoms with Crippen LogP contribution in [0.5, 0.6) is 0 Å². The molecule has 0 radical (unpaired) electrons. The number of benzene rings is 1. The van der Waals surface area contributed by atoms with Crippen LogP contribution in [-0.2, 0) is 0 Å². The van der Waals surface area contributed by atoms with Gasteiger partial charge in [-0.25, -0.2) is 0 Å². The van der Waals surface area contributed by atoms with Gasteiger partial charge in [-0.1, -0.05) is 43.2 Å². The van der Waals surface area contributed by atoms with Crippen molar-refractivity contribution in [2.24, 2.45) is 5.73 Å². The summed E-state index contributed by atoms with van der Waals surface area (Å²) in [5.41, 5.74) is 7.16. The third-order valence-corrected chi connectivity index (χ3v) is 3.74. The average molecular weight is 272 g/mol. The highest BCUT2D eigenvalue weighted by atomic mass is 16.5. The van der Waals surface area contributed by atoms with Crippen LogP contribution in [-0.4, -0.2) is 23.2 Å². The van der Waals surface area contributed by atoms with Crippen LogP contribution in [0.4, 0.5) is 5.95 Å². The van der Waals surface area contributed by atoms with Crippen LogP contribution >= 0.6 is 0 Å². The van der Waals surface area contributed by atoms with Crippen LogP contribution in [0.1, 0.15) is 43.2 Å². The van der Waals surface area contributed by atoms with E-state index in [-0.39, 0.29) is 6.04 Å². The van der Waals surface area contributed by atoms with Crippen molar-refractivity contribution in [3.63, 3.8) is 0 Å². The van der Waals surface area contributed by atoms with E-state index in [1.165, 1.54) is 25.7 Å². The minimum Gasteiger partial charge on any atom is -0.338 e. The van der Waals surface area contributed by atoms with Crippen molar-refractivity contribution in [2.75, 3.05) is 18.0 Å². The summed E-state index contributed by atoms with van der Waals surface area (Å²) in [6.45, 7) is 2.00. The number of hydrogen-bond donors (Lipinski definition) is 1. The fraction of sp³-hybridized carbons (Fsp3) is 0.467. The van der Waals surface area contributed by atoms with E-state index in [0.29, 0.717) is 11.8 Å². The molecule has 106 valence electrons. The van der Waals surface area contributed by atoms with Crippen molar-refractivity contribution >= 4 is 5.95 Å². The number of rotatable bonds is 3. The first-order valence-electron chi connectivity index (χ1n) is 7.23. The topological polar surface area (TPSA) is 68.2 Å². The lowest BCUT2D eigenvalue weighted by atomic mass is 10.1. The molecule has 0 amide bonds. The van der Waals surface area contributed by atoms with Crippen molar-refractivity contribution in [1.82, 2.24) is 10.1 Å². The Bertz CT molecular complexity index is 532. The lowest BCUT2D eigenvalue weighted by Crippen LogP contribution is -2.25. The molecule has 3 rings (SSSR count). The van der Waals surface area contributed by atoms with Gasteiger partial charge in [-0.05, 0) is 23.6 Å². The van der Waals surface area contributed by atoms with Gasteiger partial charge in [-0.2, -0.15) is 4.98 Å². The molecule has 2 heterocycles. The highest BCUT2D eigenvalue weighted by Crippen LogP contribution is 2.21. The van der Waals surface area contributed by atoms with E-state index in [4.69, 9.17) is 10.3 Å². The summed E-state index contributed by atoms with van der Waals surface area (Å²) in [4.78, 5) is 6.67. The summed E-state index contributed by atoms with van der Waals surface area (Å²) in [5, 5.41) is 4.09. The molecular weight excluding hydrogens is 252 g/mol. The fourth-order valence-corrected chi connectivity index (χ4v) is 2.56. The largest absolute Gasteiger partial charge is 0.338 e. The molecule has 0 saturated carbocycles. The summed E-state index contributed by atoms with van der Waals surface area (Å²) in [6.07, 6.45) is 4.94. The first-order valence-corrected chi connectivity index (χ1v) is 7.23. The molecule has 1 aromatic carbocycles. The maximum Gasteiger partial charge on any atom is 0.266 e. The number of anilines is 1. The van der Waals surface area contributed by atoms with Crippen molar-refractivity contribution in [1.29, 1.82) is 0 Å². The van der Waals surface area contributed by atoms with Crippen molar-refractivity contribution in [3.8, 4) is 0 Å². The molecule has 1 atom stereocenters. The molecule has 1 fully saturated rings. The third kappa shape index (κ3) is 2.82. The van der Waals surface area contributed by atoms with Gasteiger partial charge >= 0.3 is 0 Å². The highest BCUT2D eigenvalue weighted by molar-refractivity contribution is 5.30. The summed E-state index contributed by atoms with van der Waals surface area (Å²) < 4.78 is 5.35. The fourth-order valence-electron chi connectivity index (χ4n) is 2.56. The van der Waals surface area contributed by atoms with Crippen LogP contribution in [0, 0.1) is 0 Å². The molecule has 5 heteroatoms. The zero-order valence-corrected chi connectivity index (χ0v) is 11.5. The predicted molar refractivity (Wildman–Crippen MR) is 77.5 cm³/mol. The molecule has 2 aromatic rings. The monoisotopic (exact) mass is 272 g/mol. The molecule has 1 aliphatic rings. The zero-order valence-electron chi connectivity index (χ0n) is 11.5. The molecule has 1 aliphatic heterocycles. The summed E-state index contributed by atoms with van der Waals surface area (Å²) in [7, 11) is 0. The van der Waals surface area contributed by atoms with Gasteiger partial charge in [0.15, 0.2) is 0 Å². The Kier molecular flexibility index (Phi) is 3.97. The Morgan fingerprint density at radius 1 is 1.05 bits per heavy atom. The molecule has 0 aliphatic carbocycles. The Hall–Kier alpha value is -1.88. The minimum atomic E-state index is -0.357. The van der Waals surface area contributed by atoms with Crippen molar-refractivity contribution in [3.05, 3.63) is 41.8 Å². The number of hydrogen-bond acceptors (Lipinski definition) is 5. The normalized spacial score (nSPS) is 17.8. The van der Waals surface area contributed by atoms with Crippen LogP contribution in [0.25, 0.3) is 0 Å². The second kappa shape index (κ2) is 6.05. The number of aromatic nitrogens is 2. The Balaban J connectivity index is 1.76. The Morgan fingerprint density at radius 3 is 2.45 bits per heavy atom. The zero-order chi connectivity index (χ0) is 13.8. The van der Waals surface area contributed by atoms with Crippen LogP contribution in [0.15, 0.2) is 34.9 Å². The van der Waals surface area contributed by atoms with Crippen molar-refractivity contribution < 1.29 is 4.52 Å². The van der Waals surface area contributed by atoms with E-state index in [1.807, 2.05) is 30.3 Å².